The van der Waals surface area contributed by atoms with Crippen molar-refractivity contribution in [1.82, 2.24) is 15.1 Å². The second-order valence-electron chi connectivity index (χ2n) is 6.11. The van der Waals surface area contributed by atoms with Gasteiger partial charge in [-0.2, -0.15) is 5.10 Å². The van der Waals surface area contributed by atoms with Gasteiger partial charge in [0.15, 0.2) is 0 Å². The summed E-state index contributed by atoms with van der Waals surface area (Å²) >= 11 is 0. The maximum absolute atomic E-state index is 14.1. The van der Waals surface area contributed by atoms with Crippen LogP contribution in [0.3, 0.4) is 0 Å². The Balaban J connectivity index is 1.81. The summed E-state index contributed by atoms with van der Waals surface area (Å²) in [4.78, 5) is 14.4. The van der Waals surface area contributed by atoms with E-state index in [1.165, 1.54) is 6.07 Å². The third kappa shape index (κ3) is 3.59. The van der Waals surface area contributed by atoms with Gasteiger partial charge in [-0.1, -0.05) is 12.1 Å². The topological polar surface area (TPSA) is 58.2 Å². The largest absolute Gasteiger partial charge is 0.381 e. The Bertz CT molecular complexity index is 710. The van der Waals surface area contributed by atoms with E-state index in [1.807, 2.05) is 19.9 Å². The molecule has 122 valence electrons. The maximum atomic E-state index is 14.1. The first-order valence-corrected chi connectivity index (χ1v) is 7.67. The molecule has 0 atom stereocenters. The SMILES string of the molecule is Cc1ccc(CN(CC2COC2)C(=O)c2cc(C)n[nH]2)c(F)c1. The second kappa shape index (κ2) is 6.50. The molecule has 0 unspecified atom stereocenters. The fourth-order valence-electron chi connectivity index (χ4n) is 2.61. The molecule has 6 heteroatoms. The minimum absolute atomic E-state index is 0.169. The zero-order valence-electron chi connectivity index (χ0n) is 13.3. The Kier molecular flexibility index (Phi) is 4.43. The number of carbonyl (C=O) groups excluding carboxylic acids is 1. The highest BCUT2D eigenvalue weighted by Crippen LogP contribution is 2.18. The van der Waals surface area contributed by atoms with Crippen LogP contribution in [0, 0.1) is 25.6 Å². The number of aromatic amines is 1. The molecule has 1 aliphatic rings. The van der Waals surface area contributed by atoms with Crippen molar-refractivity contribution >= 4 is 5.91 Å². The van der Waals surface area contributed by atoms with Gasteiger partial charge in [0.1, 0.15) is 11.5 Å². The second-order valence-corrected chi connectivity index (χ2v) is 6.11. The number of carbonyl (C=O) groups is 1. The van der Waals surface area contributed by atoms with Crippen LogP contribution in [0.5, 0.6) is 0 Å². The van der Waals surface area contributed by atoms with Crippen molar-refractivity contribution in [3.63, 3.8) is 0 Å². The number of hydrogen-bond donors (Lipinski definition) is 1. The highest BCUT2D eigenvalue weighted by molar-refractivity contribution is 5.92. The number of ether oxygens (including phenoxy) is 1. The van der Waals surface area contributed by atoms with Crippen LogP contribution in [-0.2, 0) is 11.3 Å². The van der Waals surface area contributed by atoms with E-state index in [-0.39, 0.29) is 18.3 Å². The average Bonchev–Trinajstić information content (AvgIpc) is 2.89. The number of halogens is 1. The van der Waals surface area contributed by atoms with Gasteiger partial charge >= 0.3 is 0 Å². The van der Waals surface area contributed by atoms with Gasteiger partial charge in [-0.25, -0.2) is 4.39 Å². The van der Waals surface area contributed by atoms with Gasteiger partial charge in [0, 0.05) is 24.6 Å². The van der Waals surface area contributed by atoms with Gasteiger partial charge < -0.3 is 9.64 Å². The summed E-state index contributed by atoms with van der Waals surface area (Å²) in [5.74, 6) is -0.151. The Morgan fingerprint density at radius 3 is 2.74 bits per heavy atom. The standard InChI is InChI=1S/C17H20FN3O2/c1-11-3-4-14(15(18)5-11)8-21(7-13-9-23-10-13)17(22)16-6-12(2)19-20-16/h3-6,13H,7-10H2,1-2H3,(H,19,20). The summed E-state index contributed by atoms with van der Waals surface area (Å²) < 4.78 is 19.3. The Morgan fingerprint density at radius 1 is 1.39 bits per heavy atom. The lowest BCUT2D eigenvalue weighted by atomic mass is 10.1. The molecule has 2 aromatic rings. The Hall–Kier alpha value is -2.21. The van der Waals surface area contributed by atoms with E-state index < -0.39 is 0 Å². The van der Waals surface area contributed by atoms with Crippen LogP contribution < -0.4 is 0 Å². The van der Waals surface area contributed by atoms with E-state index in [2.05, 4.69) is 10.2 Å². The maximum Gasteiger partial charge on any atom is 0.272 e. The molecule has 0 aliphatic carbocycles. The van der Waals surface area contributed by atoms with E-state index in [9.17, 15) is 9.18 Å². The Morgan fingerprint density at radius 2 is 2.17 bits per heavy atom. The van der Waals surface area contributed by atoms with Crippen molar-refractivity contribution in [3.05, 3.63) is 52.6 Å². The molecule has 3 rings (SSSR count). The van der Waals surface area contributed by atoms with Gasteiger partial charge in [-0.05, 0) is 31.5 Å². The first-order valence-electron chi connectivity index (χ1n) is 7.67. The first-order chi connectivity index (χ1) is 11.0. The van der Waals surface area contributed by atoms with Crippen LogP contribution in [0.25, 0.3) is 0 Å². The minimum Gasteiger partial charge on any atom is -0.381 e. The molecule has 1 aromatic carbocycles. The molecular weight excluding hydrogens is 297 g/mol. The molecule has 0 radical (unpaired) electrons. The third-order valence-electron chi connectivity index (χ3n) is 3.98. The number of H-pyrrole nitrogens is 1. The van der Waals surface area contributed by atoms with Crippen molar-refractivity contribution in [1.29, 1.82) is 0 Å². The molecule has 0 saturated carbocycles. The fraction of sp³-hybridized carbons (Fsp3) is 0.412. The molecule has 1 amide bonds. The molecule has 1 N–H and O–H groups in total. The molecule has 2 heterocycles. The van der Waals surface area contributed by atoms with E-state index in [0.717, 1.165) is 11.3 Å². The number of aryl methyl sites for hydroxylation is 2. The smallest absolute Gasteiger partial charge is 0.272 e. The number of nitrogens with one attached hydrogen (secondary N) is 1. The van der Waals surface area contributed by atoms with Crippen molar-refractivity contribution in [3.8, 4) is 0 Å². The summed E-state index contributed by atoms with van der Waals surface area (Å²) in [6.07, 6.45) is 0. The van der Waals surface area contributed by atoms with Crippen LogP contribution in [-0.4, -0.2) is 40.8 Å². The van der Waals surface area contributed by atoms with Crippen LogP contribution in [0.15, 0.2) is 24.3 Å². The van der Waals surface area contributed by atoms with E-state index >= 15 is 0 Å². The zero-order valence-corrected chi connectivity index (χ0v) is 13.3. The monoisotopic (exact) mass is 317 g/mol. The van der Waals surface area contributed by atoms with Gasteiger partial charge in [0.2, 0.25) is 0 Å². The van der Waals surface area contributed by atoms with Crippen molar-refractivity contribution in [2.24, 2.45) is 5.92 Å². The highest BCUT2D eigenvalue weighted by Gasteiger charge is 2.26. The third-order valence-corrected chi connectivity index (χ3v) is 3.98. The summed E-state index contributed by atoms with van der Waals surface area (Å²) in [5, 5.41) is 6.74. The number of rotatable bonds is 5. The van der Waals surface area contributed by atoms with Crippen LogP contribution in [0.1, 0.15) is 27.3 Å². The number of hydrogen-bond acceptors (Lipinski definition) is 3. The molecule has 23 heavy (non-hydrogen) atoms. The van der Waals surface area contributed by atoms with Gasteiger partial charge in [0.25, 0.3) is 5.91 Å². The van der Waals surface area contributed by atoms with Crippen molar-refractivity contribution < 1.29 is 13.9 Å². The molecule has 1 aliphatic heterocycles. The Labute approximate surface area is 134 Å². The van der Waals surface area contributed by atoms with Gasteiger partial charge in [0.05, 0.1) is 18.9 Å². The van der Waals surface area contributed by atoms with Gasteiger partial charge in [-0.15, -0.1) is 0 Å². The number of aromatic nitrogens is 2. The van der Waals surface area contributed by atoms with Gasteiger partial charge in [-0.3, -0.25) is 9.89 Å². The molecule has 1 fully saturated rings. The molecule has 1 saturated heterocycles. The first kappa shape index (κ1) is 15.7. The normalized spacial score (nSPS) is 14.6. The lowest BCUT2D eigenvalue weighted by Crippen LogP contribution is -2.42. The fourth-order valence-corrected chi connectivity index (χ4v) is 2.61. The number of benzene rings is 1. The number of amides is 1. The predicted octanol–water partition coefficient (Wildman–Crippen LogP) is 2.45. The highest BCUT2D eigenvalue weighted by atomic mass is 19.1. The van der Waals surface area contributed by atoms with Crippen molar-refractivity contribution in [2.45, 2.75) is 20.4 Å². The lowest BCUT2D eigenvalue weighted by molar-refractivity contribution is -0.0442. The molecule has 0 spiro atoms. The predicted molar refractivity (Wildman–Crippen MR) is 83.5 cm³/mol. The minimum atomic E-state index is -0.284. The van der Waals surface area contributed by atoms with Crippen LogP contribution in [0.2, 0.25) is 0 Å². The van der Waals surface area contributed by atoms with Crippen LogP contribution >= 0.6 is 0 Å². The molecule has 0 bridgehead atoms. The van der Waals surface area contributed by atoms with E-state index in [0.29, 0.717) is 36.9 Å². The van der Waals surface area contributed by atoms with E-state index in [4.69, 9.17) is 4.74 Å². The quantitative estimate of drug-likeness (QED) is 0.921. The summed E-state index contributed by atoms with van der Waals surface area (Å²) in [6, 6.07) is 6.79. The zero-order chi connectivity index (χ0) is 16.4. The summed E-state index contributed by atoms with van der Waals surface area (Å²) in [5.41, 5.74) is 2.55. The summed E-state index contributed by atoms with van der Waals surface area (Å²) in [7, 11) is 0. The van der Waals surface area contributed by atoms with E-state index in [1.54, 1.807) is 17.0 Å². The average molecular weight is 317 g/mol. The van der Waals surface area contributed by atoms with Crippen molar-refractivity contribution in [2.75, 3.05) is 19.8 Å². The number of nitrogens with zero attached hydrogens (tertiary/aromatic N) is 2. The molecule has 1 aromatic heterocycles. The molecule has 5 nitrogen and oxygen atoms in total. The van der Waals surface area contributed by atoms with Crippen LogP contribution in [0.4, 0.5) is 4.39 Å². The lowest BCUT2D eigenvalue weighted by Gasteiger charge is -2.32. The summed E-state index contributed by atoms with van der Waals surface area (Å²) in [6.45, 7) is 5.72. The molecular formula is C17H20FN3O2.